The molecule has 9 heteroatoms. The van der Waals surface area contributed by atoms with Crippen molar-refractivity contribution in [2.75, 3.05) is 20.8 Å². The van der Waals surface area contributed by atoms with Gasteiger partial charge in [0.05, 0.1) is 19.9 Å². The number of aromatic amines is 1. The molecule has 0 bridgehead atoms. The predicted octanol–water partition coefficient (Wildman–Crippen LogP) is 2.36. The van der Waals surface area contributed by atoms with E-state index >= 15 is 0 Å². The van der Waals surface area contributed by atoms with Gasteiger partial charge in [0.1, 0.15) is 0 Å². The maximum atomic E-state index is 12.9. The average molecular weight is 369 g/mol. The molecule has 0 amide bonds. The van der Waals surface area contributed by atoms with Crippen molar-refractivity contribution in [1.82, 2.24) is 14.9 Å². The van der Waals surface area contributed by atoms with Gasteiger partial charge in [0.15, 0.2) is 11.5 Å². The van der Waals surface area contributed by atoms with Crippen LogP contribution in [0.25, 0.3) is 0 Å². The maximum absolute atomic E-state index is 12.9. The van der Waals surface area contributed by atoms with Crippen LogP contribution in [-0.4, -0.2) is 35.6 Å². The molecular formula is C17H18F3N3O3. The molecule has 0 saturated carbocycles. The Morgan fingerprint density at radius 2 is 2.04 bits per heavy atom. The van der Waals surface area contributed by atoms with Crippen LogP contribution in [0.1, 0.15) is 22.6 Å². The van der Waals surface area contributed by atoms with Gasteiger partial charge in [-0.15, -0.1) is 0 Å². The molecule has 1 aromatic heterocycles. The molecule has 2 aromatic rings. The highest BCUT2D eigenvalue weighted by Crippen LogP contribution is 2.32. The van der Waals surface area contributed by atoms with Gasteiger partial charge in [0.25, 0.3) is 5.56 Å². The Hall–Kier alpha value is -2.55. The van der Waals surface area contributed by atoms with Crippen molar-refractivity contribution in [3.05, 3.63) is 51.2 Å². The fourth-order valence-corrected chi connectivity index (χ4v) is 3.08. The molecule has 0 radical (unpaired) electrons. The van der Waals surface area contributed by atoms with E-state index in [4.69, 9.17) is 9.47 Å². The Morgan fingerprint density at radius 3 is 2.69 bits per heavy atom. The Labute approximate surface area is 147 Å². The Kier molecular flexibility index (Phi) is 4.90. The van der Waals surface area contributed by atoms with Crippen LogP contribution in [0.5, 0.6) is 11.5 Å². The first kappa shape index (κ1) is 18.2. The molecule has 0 fully saturated rings. The SMILES string of the molecule is COc1cccc(CN2CCc3c(nc(C(F)(F)F)[nH]c3=O)C2)c1OC. The molecule has 0 aliphatic carbocycles. The number of hydrogen-bond acceptors (Lipinski definition) is 5. The normalized spacial score (nSPS) is 14.8. The van der Waals surface area contributed by atoms with Gasteiger partial charge in [-0.1, -0.05) is 12.1 Å². The maximum Gasteiger partial charge on any atom is 0.449 e. The second-order valence-electron chi connectivity index (χ2n) is 5.95. The Balaban J connectivity index is 1.87. The second kappa shape index (κ2) is 6.99. The van der Waals surface area contributed by atoms with E-state index in [2.05, 4.69) is 4.98 Å². The first-order chi connectivity index (χ1) is 12.3. The second-order valence-corrected chi connectivity index (χ2v) is 5.95. The molecule has 26 heavy (non-hydrogen) atoms. The molecule has 0 unspecified atom stereocenters. The summed E-state index contributed by atoms with van der Waals surface area (Å²) in [4.78, 5) is 19.3. The van der Waals surface area contributed by atoms with Gasteiger partial charge in [-0.2, -0.15) is 13.2 Å². The Morgan fingerprint density at radius 1 is 1.27 bits per heavy atom. The first-order valence-corrected chi connectivity index (χ1v) is 7.95. The van der Waals surface area contributed by atoms with Gasteiger partial charge in [-0.25, -0.2) is 4.98 Å². The minimum atomic E-state index is -4.69. The van der Waals surface area contributed by atoms with E-state index < -0.39 is 17.6 Å². The highest BCUT2D eigenvalue weighted by Gasteiger charge is 2.36. The fourth-order valence-electron chi connectivity index (χ4n) is 3.08. The van der Waals surface area contributed by atoms with Gasteiger partial charge in [-0.3, -0.25) is 9.69 Å². The van der Waals surface area contributed by atoms with E-state index in [0.717, 1.165) is 5.56 Å². The van der Waals surface area contributed by atoms with E-state index in [1.807, 2.05) is 22.0 Å². The van der Waals surface area contributed by atoms with Crippen molar-refractivity contribution in [3.8, 4) is 11.5 Å². The fraction of sp³-hybridized carbons (Fsp3) is 0.412. The molecule has 0 atom stereocenters. The number of hydrogen-bond donors (Lipinski definition) is 1. The van der Waals surface area contributed by atoms with E-state index in [9.17, 15) is 18.0 Å². The van der Waals surface area contributed by atoms with Crippen molar-refractivity contribution in [2.45, 2.75) is 25.7 Å². The zero-order valence-corrected chi connectivity index (χ0v) is 14.3. The molecule has 2 heterocycles. The van der Waals surface area contributed by atoms with Crippen molar-refractivity contribution in [1.29, 1.82) is 0 Å². The summed E-state index contributed by atoms with van der Waals surface area (Å²) in [5.74, 6) is -0.103. The van der Waals surface area contributed by atoms with Crippen LogP contribution in [-0.2, 0) is 25.7 Å². The number of benzene rings is 1. The van der Waals surface area contributed by atoms with Gasteiger partial charge in [0.2, 0.25) is 5.82 Å². The third-order valence-corrected chi connectivity index (χ3v) is 4.30. The van der Waals surface area contributed by atoms with E-state index in [-0.39, 0.29) is 12.2 Å². The predicted molar refractivity (Wildman–Crippen MR) is 87.2 cm³/mol. The van der Waals surface area contributed by atoms with Gasteiger partial charge in [-0.05, 0) is 12.5 Å². The monoisotopic (exact) mass is 369 g/mol. The third-order valence-electron chi connectivity index (χ3n) is 4.30. The molecule has 1 aromatic carbocycles. The number of para-hydroxylation sites is 1. The smallest absolute Gasteiger partial charge is 0.449 e. The average Bonchev–Trinajstić information content (AvgIpc) is 2.60. The minimum Gasteiger partial charge on any atom is -0.493 e. The number of methoxy groups -OCH3 is 2. The Bertz CT molecular complexity index is 865. The quantitative estimate of drug-likeness (QED) is 0.896. The number of ether oxygens (including phenoxy) is 2. The molecule has 0 spiro atoms. The first-order valence-electron chi connectivity index (χ1n) is 7.95. The number of H-pyrrole nitrogens is 1. The van der Waals surface area contributed by atoms with Crippen molar-refractivity contribution in [3.63, 3.8) is 0 Å². The van der Waals surface area contributed by atoms with E-state index in [1.54, 1.807) is 6.07 Å². The zero-order chi connectivity index (χ0) is 18.9. The van der Waals surface area contributed by atoms with Crippen LogP contribution in [0.2, 0.25) is 0 Å². The number of fused-ring (bicyclic) bond motifs is 1. The molecule has 0 saturated heterocycles. The summed E-state index contributed by atoms with van der Waals surface area (Å²) in [6.07, 6.45) is -4.35. The number of aromatic nitrogens is 2. The summed E-state index contributed by atoms with van der Waals surface area (Å²) >= 11 is 0. The summed E-state index contributed by atoms with van der Waals surface area (Å²) in [5, 5.41) is 0. The highest BCUT2D eigenvalue weighted by molar-refractivity contribution is 5.46. The van der Waals surface area contributed by atoms with Crippen LogP contribution in [0, 0.1) is 0 Å². The molecule has 3 rings (SSSR count). The van der Waals surface area contributed by atoms with Gasteiger partial charge < -0.3 is 14.5 Å². The third kappa shape index (κ3) is 3.52. The van der Waals surface area contributed by atoms with Crippen molar-refractivity contribution in [2.24, 2.45) is 0 Å². The van der Waals surface area contributed by atoms with Crippen molar-refractivity contribution >= 4 is 0 Å². The van der Waals surface area contributed by atoms with Gasteiger partial charge >= 0.3 is 6.18 Å². The van der Waals surface area contributed by atoms with E-state index in [1.165, 1.54) is 14.2 Å². The van der Waals surface area contributed by atoms with E-state index in [0.29, 0.717) is 36.6 Å². The lowest BCUT2D eigenvalue weighted by Crippen LogP contribution is -2.36. The van der Waals surface area contributed by atoms with Crippen molar-refractivity contribution < 1.29 is 22.6 Å². The topological polar surface area (TPSA) is 67.5 Å². The lowest BCUT2D eigenvalue weighted by molar-refractivity contribution is -0.145. The van der Waals surface area contributed by atoms with Crippen LogP contribution in [0.15, 0.2) is 23.0 Å². The number of nitrogens with zero attached hydrogens (tertiary/aromatic N) is 2. The molecular weight excluding hydrogens is 351 g/mol. The molecule has 140 valence electrons. The summed E-state index contributed by atoms with van der Waals surface area (Å²) in [5.41, 5.74) is 0.596. The number of halogens is 3. The highest BCUT2D eigenvalue weighted by atomic mass is 19.4. The zero-order valence-electron chi connectivity index (χ0n) is 14.3. The standard InChI is InChI=1S/C17H18F3N3O3/c1-25-13-5-3-4-10(14(13)26-2)8-23-7-6-11-12(9-23)21-16(17(18,19)20)22-15(11)24/h3-5H,6-9H2,1-2H3,(H,21,22,24). The number of alkyl halides is 3. The molecule has 6 nitrogen and oxygen atoms in total. The van der Waals surface area contributed by atoms with Crippen LogP contribution in [0.4, 0.5) is 13.2 Å². The summed E-state index contributed by atoms with van der Waals surface area (Å²) < 4.78 is 49.3. The minimum absolute atomic E-state index is 0.155. The van der Waals surface area contributed by atoms with Crippen LogP contribution in [0.3, 0.4) is 0 Å². The lowest BCUT2D eigenvalue weighted by Gasteiger charge is -2.28. The summed E-state index contributed by atoms with van der Waals surface area (Å²) in [6, 6.07) is 5.45. The van der Waals surface area contributed by atoms with Gasteiger partial charge in [0, 0.05) is 30.8 Å². The number of nitrogens with one attached hydrogen (secondary N) is 1. The van der Waals surface area contributed by atoms with Crippen LogP contribution >= 0.6 is 0 Å². The summed E-state index contributed by atoms with van der Waals surface area (Å²) in [6.45, 7) is 1.13. The molecule has 1 aliphatic rings. The number of rotatable bonds is 4. The lowest BCUT2D eigenvalue weighted by atomic mass is 10.0. The molecule has 1 N–H and O–H groups in total. The van der Waals surface area contributed by atoms with Crippen LogP contribution < -0.4 is 15.0 Å². The molecule has 1 aliphatic heterocycles. The summed E-state index contributed by atoms with van der Waals surface area (Å²) in [7, 11) is 3.07. The largest absolute Gasteiger partial charge is 0.493 e.